The van der Waals surface area contributed by atoms with E-state index in [1.807, 2.05) is 0 Å². The lowest BCUT2D eigenvalue weighted by Gasteiger charge is -2.09. The summed E-state index contributed by atoms with van der Waals surface area (Å²) in [5.41, 5.74) is 2.66. The van der Waals surface area contributed by atoms with E-state index in [0.29, 0.717) is 32.9 Å². The van der Waals surface area contributed by atoms with Crippen LogP contribution in [0.2, 0.25) is 0 Å². The van der Waals surface area contributed by atoms with Crippen molar-refractivity contribution in [3.63, 3.8) is 0 Å². The van der Waals surface area contributed by atoms with Gasteiger partial charge in [-0.25, -0.2) is 4.39 Å². The van der Waals surface area contributed by atoms with Crippen LogP contribution in [0.1, 0.15) is 38.5 Å². The molecule has 0 spiro atoms. The van der Waals surface area contributed by atoms with Gasteiger partial charge in [0.1, 0.15) is 22.2 Å². The molecule has 158 valence electrons. The van der Waals surface area contributed by atoms with Gasteiger partial charge < -0.3 is 19.5 Å². The number of anilines is 1. The molecule has 3 aromatic heterocycles. The zero-order chi connectivity index (χ0) is 21.4. The molecular formula is C23H19FN2O4S. The summed E-state index contributed by atoms with van der Waals surface area (Å²) in [4.78, 5) is 26.8. The Morgan fingerprint density at radius 2 is 2.06 bits per heavy atom. The van der Waals surface area contributed by atoms with Gasteiger partial charge in [-0.2, -0.15) is 0 Å². The Morgan fingerprint density at radius 1 is 1.16 bits per heavy atom. The van der Waals surface area contributed by atoms with E-state index in [-0.39, 0.29) is 30.6 Å². The Bertz CT molecular complexity index is 1270. The van der Waals surface area contributed by atoms with Crippen molar-refractivity contribution in [2.45, 2.75) is 32.2 Å². The third kappa shape index (κ3) is 3.86. The third-order valence-electron chi connectivity index (χ3n) is 5.37. The van der Waals surface area contributed by atoms with Crippen LogP contribution in [-0.2, 0) is 30.6 Å². The Morgan fingerprint density at radius 3 is 2.90 bits per heavy atom. The molecule has 0 atom stereocenters. The number of amides is 2. The fourth-order valence-corrected chi connectivity index (χ4v) is 5.24. The van der Waals surface area contributed by atoms with Gasteiger partial charge in [0.2, 0.25) is 5.91 Å². The average molecular weight is 438 g/mol. The van der Waals surface area contributed by atoms with Crippen molar-refractivity contribution < 1.29 is 22.8 Å². The molecule has 31 heavy (non-hydrogen) atoms. The SMILES string of the molecule is O=C(Cc1coc2ccc(F)cc12)Nc1sc2c(c1C(=O)NCc1ccco1)CCC2. The number of hydrogen-bond donors (Lipinski definition) is 2. The molecule has 6 nitrogen and oxygen atoms in total. The summed E-state index contributed by atoms with van der Waals surface area (Å²) < 4.78 is 24.3. The molecule has 3 heterocycles. The Balaban J connectivity index is 1.35. The minimum atomic E-state index is -0.388. The van der Waals surface area contributed by atoms with Gasteiger partial charge in [0.25, 0.3) is 5.91 Å². The van der Waals surface area contributed by atoms with Crippen LogP contribution in [0.4, 0.5) is 9.39 Å². The van der Waals surface area contributed by atoms with Crippen molar-refractivity contribution in [3.05, 3.63) is 76.0 Å². The molecule has 5 rings (SSSR count). The fourth-order valence-electron chi connectivity index (χ4n) is 3.94. The van der Waals surface area contributed by atoms with Gasteiger partial charge in [0.05, 0.1) is 31.1 Å². The van der Waals surface area contributed by atoms with Crippen molar-refractivity contribution in [3.8, 4) is 0 Å². The lowest BCUT2D eigenvalue weighted by Crippen LogP contribution is -2.25. The zero-order valence-corrected chi connectivity index (χ0v) is 17.3. The maximum Gasteiger partial charge on any atom is 0.254 e. The van der Waals surface area contributed by atoms with Crippen molar-refractivity contribution in [2.75, 3.05) is 5.32 Å². The molecular weight excluding hydrogens is 419 g/mol. The van der Waals surface area contributed by atoms with E-state index in [1.54, 1.807) is 18.4 Å². The largest absolute Gasteiger partial charge is 0.467 e. The lowest BCUT2D eigenvalue weighted by molar-refractivity contribution is -0.115. The van der Waals surface area contributed by atoms with E-state index in [9.17, 15) is 14.0 Å². The number of fused-ring (bicyclic) bond motifs is 2. The van der Waals surface area contributed by atoms with Gasteiger partial charge >= 0.3 is 0 Å². The van der Waals surface area contributed by atoms with Gasteiger partial charge in [-0.1, -0.05) is 0 Å². The zero-order valence-electron chi connectivity index (χ0n) is 16.5. The molecule has 1 aliphatic rings. The highest BCUT2D eigenvalue weighted by molar-refractivity contribution is 7.17. The van der Waals surface area contributed by atoms with Crippen LogP contribution in [-0.4, -0.2) is 11.8 Å². The van der Waals surface area contributed by atoms with Gasteiger partial charge in [-0.3, -0.25) is 9.59 Å². The Hall–Kier alpha value is -3.39. The number of thiophene rings is 1. The van der Waals surface area contributed by atoms with Gasteiger partial charge in [-0.15, -0.1) is 11.3 Å². The molecule has 0 saturated carbocycles. The molecule has 4 aromatic rings. The third-order valence-corrected chi connectivity index (χ3v) is 6.58. The number of nitrogens with one attached hydrogen (secondary N) is 2. The van der Waals surface area contributed by atoms with Crippen LogP contribution in [0.25, 0.3) is 11.0 Å². The first-order chi connectivity index (χ1) is 15.1. The summed E-state index contributed by atoms with van der Waals surface area (Å²) in [7, 11) is 0. The van der Waals surface area contributed by atoms with Crippen molar-refractivity contribution in [1.29, 1.82) is 0 Å². The van der Waals surface area contributed by atoms with Crippen LogP contribution >= 0.6 is 11.3 Å². The van der Waals surface area contributed by atoms with E-state index in [2.05, 4.69) is 10.6 Å². The van der Waals surface area contributed by atoms with Gasteiger partial charge in [0, 0.05) is 15.8 Å². The highest BCUT2D eigenvalue weighted by Gasteiger charge is 2.27. The first-order valence-electron chi connectivity index (χ1n) is 9.99. The van der Waals surface area contributed by atoms with Crippen molar-refractivity contribution in [2.24, 2.45) is 0 Å². The highest BCUT2D eigenvalue weighted by atomic mass is 32.1. The van der Waals surface area contributed by atoms with Gasteiger partial charge in [-0.05, 0) is 55.2 Å². The Labute approximate surface area is 181 Å². The second-order valence-electron chi connectivity index (χ2n) is 7.45. The number of halogens is 1. The normalized spacial score (nSPS) is 12.8. The number of carbonyl (C=O) groups is 2. The molecule has 0 saturated heterocycles. The number of furan rings is 2. The summed E-state index contributed by atoms with van der Waals surface area (Å²) >= 11 is 1.45. The van der Waals surface area contributed by atoms with Crippen molar-refractivity contribution in [1.82, 2.24) is 5.32 Å². The summed E-state index contributed by atoms with van der Waals surface area (Å²) in [5, 5.41) is 6.88. The van der Waals surface area contributed by atoms with Crippen molar-refractivity contribution >= 4 is 39.1 Å². The predicted octanol–water partition coefficient (Wildman–Crippen LogP) is 4.83. The van der Waals surface area contributed by atoms with E-state index < -0.39 is 0 Å². The molecule has 1 aliphatic carbocycles. The molecule has 2 N–H and O–H groups in total. The second kappa shape index (κ2) is 8.03. The van der Waals surface area contributed by atoms with Crippen LogP contribution in [0, 0.1) is 5.82 Å². The number of benzene rings is 1. The number of carbonyl (C=O) groups excluding carboxylic acids is 2. The molecule has 0 fully saturated rings. The first kappa shape index (κ1) is 19.6. The highest BCUT2D eigenvalue weighted by Crippen LogP contribution is 2.39. The average Bonchev–Trinajstić information content (AvgIpc) is 3.51. The number of hydrogen-bond acceptors (Lipinski definition) is 5. The smallest absolute Gasteiger partial charge is 0.254 e. The topological polar surface area (TPSA) is 84.5 Å². The monoisotopic (exact) mass is 438 g/mol. The summed E-state index contributed by atoms with van der Waals surface area (Å²) in [6, 6.07) is 7.77. The number of rotatable bonds is 6. The quantitative estimate of drug-likeness (QED) is 0.452. The van der Waals surface area contributed by atoms with E-state index >= 15 is 0 Å². The van der Waals surface area contributed by atoms with E-state index in [1.165, 1.54) is 35.8 Å². The molecule has 0 aliphatic heterocycles. The van der Waals surface area contributed by atoms with Gasteiger partial charge in [0.15, 0.2) is 0 Å². The molecule has 0 bridgehead atoms. The predicted molar refractivity (Wildman–Crippen MR) is 115 cm³/mol. The minimum absolute atomic E-state index is 0.0203. The maximum atomic E-state index is 13.6. The lowest BCUT2D eigenvalue weighted by atomic mass is 10.1. The standard InChI is InChI=1S/C23H19FN2O4S/c24-14-6-7-18-17(10-14)13(12-30-18)9-20(27)26-23-21(16-4-1-5-19(16)31-23)22(28)25-11-15-3-2-8-29-15/h2-3,6-8,10,12H,1,4-5,9,11H2,(H,25,28)(H,26,27). The maximum absolute atomic E-state index is 13.6. The van der Waals surface area contributed by atoms with Crippen LogP contribution in [0.3, 0.4) is 0 Å². The summed E-state index contributed by atoms with van der Waals surface area (Å²) in [6.07, 6.45) is 5.76. The van der Waals surface area contributed by atoms with E-state index in [4.69, 9.17) is 8.83 Å². The summed E-state index contributed by atoms with van der Waals surface area (Å²) in [5.74, 6) is -0.250. The molecule has 2 amide bonds. The number of aryl methyl sites for hydroxylation is 1. The molecule has 0 unspecified atom stereocenters. The molecule has 1 aromatic carbocycles. The fraction of sp³-hybridized carbons (Fsp3) is 0.217. The van der Waals surface area contributed by atoms with Crippen LogP contribution in [0.5, 0.6) is 0 Å². The minimum Gasteiger partial charge on any atom is -0.467 e. The molecule has 0 radical (unpaired) electrons. The van der Waals surface area contributed by atoms with Crippen LogP contribution in [0.15, 0.2) is 51.7 Å². The Kier molecular flexibility index (Phi) is 5.07. The second-order valence-corrected chi connectivity index (χ2v) is 8.56. The summed E-state index contributed by atoms with van der Waals surface area (Å²) in [6.45, 7) is 0.274. The first-order valence-corrected chi connectivity index (χ1v) is 10.8. The van der Waals surface area contributed by atoms with Crippen LogP contribution < -0.4 is 10.6 Å². The molecule has 8 heteroatoms. The van der Waals surface area contributed by atoms with E-state index in [0.717, 1.165) is 29.7 Å².